The molecule has 0 aliphatic carbocycles. The summed E-state index contributed by atoms with van der Waals surface area (Å²) in [5.41, 5.74) is 0. The molecule has 1 atom stereocenters. The monoisotopic (exact) mass is 291 g/mol. The molecular weight excluding hydrogens is 262 g/mol. The molecule has 1 unspecified atom stereocenters. The van der Waals surface area contributed by atoms with Gasteiger partial charge in [-0.05, 0) is 12.8 Å². The molecule has 19 heavy (non-hydrogen) atoms. The minimum absolute atomic E-state index is 0.0551. The quantitative estimate of drug-likeness (QED) is 0.413. The average molecular weight is 292 g/mol. The highest BCUT2D eigenvalue weighted by atomic mass is 35.5. The highest BCUT2D eigenvalue weighted by Crippen LogP contribution is 2.08. The number of alkyl halides is 1. The molecule has 0 saturated carbocycles. The number of carbonyl (C=O) groups excluding carboxylic acids is 1. The first-order valence-electron chi connectivity index (χ1n) is 7.58. The number of nitrogens with one attached hydrogen (secondary N) is 1. The molecule has 0 spiro atoms. The fourth-order valence-electron chi connectivity index (χ4n) is 2.07. The first-order valence-corrected chi connectivity index (χ1v) is 8.12. The van der Waals surface area contributed by atoms with E-state index in [1.807, 2.05) is 0 Å². The summed E-state index contributed by atoms with van der Waals surface area (Å²) >= 11 is 5.70. The fraction of sp³-hybridized carbons (Fsp3) is 0.933. The van der Waals surface area contributed by atoms with E-state index in [4.69, 9.17) is 16.3 Å². The summed E-state index contributed by atoms with van der Waals surface area (Å²) in [6, 6.07) is 0.0551. The number of amides is 1. The van der Waals surface area contributed by atoms with Crippen LogP contribution in [0.1, 0.15) is 64.7 Å². The molecule has 0 aliphatic heterocycles. The largest absolute Gasteiger partial charge is 0.383 e. The predicted molar refractivity (Wildman–Crippen MR) is 81.8 cm³/mol. The first-order chi connectivity index (χ1) is 9.24. The van der Waals surface area contributed by atoms with Crippen LogP contribution in [0.15, 0.2) is 0 Å². The number of hydrogen-bond donors (Lipinski definition) is 1. The van der Waals surface area contributed by atoms with Gasteiger partial charge >= 0.3 is 0 Å². The maximum Gasteiger partial charge on any atom is 0.220 e. The van der Waals surface area contributed by atoms with Crippen molar-refractivity contribution in [2.24, 2.45) is 0 Å². The lowest BCUT2D eigenvalue weighted by atomic mass is 10.1. The lowest BCUT2D eigenvalue weighted by Crippen LogP contribution is -2.38. The highest BCUT2D eigenvalue weighted by Gasteiger charge is 2.11. The standard InChI is InChI=1S/C15H30ClNO2/c1-3-4-5-6-7-8-9-10-15(18)17-14(11-12-16)13-19-2/h14H,3-13H2,1-2H3,(H,17,18). The number of methoxy groups -OCH3 is 1. The molecule has 0 fully saturated rings. The number of rotatable bonds is 13. The number of halogens is 1. The Kier molecular flexibility index (Phi) is 13.9. The van der Waals surface area contributed by atoms with Crippen LogP contribution in [0.4, 0.5) is 0 Å². The van der Waals surface area contributed by atoms with Crippen LogP contribution in [0.5, 0.6) is 0 Å². The number of carbonyl (C=O) groups is 1. The SMILES string of the molecule is CCCCCCCCCC(=O)NC(CCCl)COC. The second kappa shape index (κ2) is 14.1. The Morgan fingerprint density at radius 3 is 2.37 bits per heavy atom. The minimum Gasteiger partial charge on any atom is -0.383 e. The third-order valence-corrected chi connectivity index (χ3v) is 3.42. The van der Waals surface area contributed by atoms with E-state index in [9.17, 15) is 4.79 Å². The summed E-state index contributed by atoms with van der Waals surface area (Å²) in [5, 5.41) is 2.98. The first kappa shape index (κ1) is 18.7. The summed E-state index contributed by atoms with van der Waals surface area (Å²) in [6.45, 7) is 2.76. The van der Waals surface area contributed by atoms with Gasteiger partial charge in [-0.2, -0.15) is 0 Å². The van der Waals surface area contributed by atoms with E-state index < -0.39 is 0 Å². The molecule has 0 bridgehead atoms. The Hall–Kier alpha value is -0.280. The van der Waals surface area contributed by atoms with Crippen molar-refractivity contribution in [1.29, 1.82) is 0 Å². The molecule has 0 aliphatic rings. The lowest BCUT2D eigenvalue weighted by molar-refractivity contribution is -0.122. The minimum atomic E-state index is 0.0551. The van der Waals surface area contributed by atoms with Crippen molar-refractivity contribution in [3.05, 3.63) is 0 Å². The smallest absolute Gasteiger partial charge is 0.220 e. The highest BCUT2D eigenvalue weighted by molar-refractivity contribution is 6.17. The molecule has 0 aromatic heterocycles. The zero-order valence-electron chi connectivity index (χ0n) is 12.5. The second-order valence-corrected chi connectivity index (χ2v) is 5.45. The van der Waals surface area contributed by atoms with Crippen LogP contribution in [0, 0.1) is 0 Å². The maximum atomic E-state index is 11.7. The second-order valence-electron chi connectivity index (χ2n) is 5.07. The van der Waals surface area contributed by atoms with E-state index in [1.54, 1.807) is 7.11 Å². The third-order valence-electron chi connectivity index (χ3n) is 3.20. The van der Waals surface area contributed by atoms with Gasteiger partial charge in [-0.3, -0.25) is 4.79 Å². The summed E-state index contributed by atoms with van der Waals surface area (Å²) < 4.78 is 5.06. The molecule has 4 heteroatoms. The molecule has 0 saturated heterocycles. The number of ether oxygens (including phenoxy) is 1. The summed E-state index contributed by atoms with van der Waals surface area (Å²) in [5.74, 6) is 0.673. The Labute approximate surface area is 123 Å². The summed E-state index contributed by atoms with van der Waals surface area (Å²) in [6.07, 6.45) is 10.0. The normalized spacial score (nSPS) is 12.4. The van der Waals surface area contributed by atoms with Crippen molar-refractivity contribution < 1.29 is 9.53 Å². The van der Waals surface area contributed by atoms with Crippen molar-refractivity contribution in [2.45, 2.75) is 70.8 Å². The van der Waals surface area contributed by atoms with E-state index >= 15 is 0 Å². The lowest BCUT2D eigenvalue weighted by Gasteiger charge is -2.16. The van der Waals surface area contributed by atoms with Crippen LogP contribution in [0.2, 0.25) is 0 Å². The Bertz CT molecular complexity index is 206. The van der Waals surface area contributed by atoms with Gasteiger partial charge in [-0.25, -0.2) is 0 Å². The van der Waals surface area contributed by atoms with Crippen molar-refractivity contribution in [2.75, 3.05) is 19.6 Å². The summed E-state index contributed by atoms with van der Waals surface area (Å²) in [7, 11) is 1.64. The van der Waals surface area contributed by atoms with Crippen LogP contribution in [-0.2, 0) is 9.53 Å². The van der Waals surface area contributed by atoms with Gasteiger partial charge in [-0.1, -0.05) is 45.4 Å². The van der Waals surface area contributed by atoms with E-state index in [2.05, 4.69) is 12.2 Å². The van der Waals surface area contributed by atoms with Crippen LogP contribution < -0.4 is 5.32 Å². The van der Waals surface area contributed by atoms with Crippen LogP contribution in [0.25, 0.3) is 0 Å². The van der Waals surface area contributed by atoms with Gasteiger partial charge in [-0.15, -0.1) is 11.6 Å². The Morgan fingerprint density at radius 1 is 1.16 bits per heavy atom. The fourth-order valence-corrected chi connectivity index (χ4v) is 2.34. The zero-order chi connectivity index (χ0) is 14.3. The van der Waals surface area contributed by atoms with Crippen LogP contribution in [-0.4, -0.2) is 31.5 Å². The third kappa shape index (κ3) is 12.5. The van der Waals surface area contributed by atoms with Crippen molar-refractivity contribution in [3.8, 4) is 0 Å². The molecule has 114 valence electrons. The van der Waals surface area contributed by atoms with Crippen LogP contribution in [0.3, 0.4) is 0 Å². The summed E-state index contributed by atoms with van der Waals surface area (Å²) in [4.78, 5) is 11.7. The van der Waals surface area contributed by atoms with E-state index in [0.29, 0.717) is 18.9 Å². The van der Waals surface area contributed by atoms with Gasteiger partial charge < -0.3 is 10.1 Å². The Morgan fingerprint density at radius 2 is 1.79 bits per heavy atom. The predicted octanol–water partition coefficient (Wildman–Crippen LogP) is 3.89. The molecule has 3 nitrogen and oxygen atoms in total. The number of hydrogen-bond acceptors (Lipinski definition) is 2. The van der Waals surface area contributed by atoms with Gasteiger partial charge in [0.2, 0.25) is 5.91 Å². The molecule has 1 amide bonds. The molecule has 0 radical (unpaired) electrons. The molecule has 1 N–H and O–H groups in total. The molecule has 0 aromatic rings. The molecular formula is C15H30ClNO2. The van der Waals surface area contributed by atoms with E-state index in [-0.39, 0.29) is 11.9 Å². The van der Waals surface area contributed by atoms with Crippen molar-refractivity contribution >= 4 is 17.5 Å². The topological polar surface area (TPSA) is 38.3 Å². The Balaban J connectivity index is 3.51. The maximum absolute atomic E-state index is 11.7. The number of unbranched alkanes of at least 4 members (excludes halogenated alkanes) is 6. The average Bonchev–Trinajstić information content (AvgIpc) is 2.38. The molecule has 0 rings (SSSR count). The molecule has 0 heterocycles. The van der Waals surface area contributed by atoms with Gasteiger partial charge in [0.25, 0.3) is 0 Å². The van der Waals surface area contributed by atoms with E-state index in [0.717, 1.165) is 19.3 Å². The van der Waals surface area contributed by atoms with E-state index in [1.165, 1.54) is 32.1 Å². The van der Waals surface area contributed by atoms with Gasteiger partial charge in [0, 0.05) is 19.4 Å². The van der Waals surface area contributed by atoms with Crippen molar-refractivity contribution in [3.63, 3.8) is 0 Å². The van der Waals surface area contributed by atoms with Crippen molar-refractivity contribution in [1.82, 2.24) is 5.32 Å². The van der Waals surface area contributed by atoms with Gasteiger partial charge in [0.05, 0.1) is 12.6 Å². The molecule has 0 aromatic carbocycles. The zero-order valence-corrected chi connectivity index (χ0v) is 13.3. The van der Waals surface area contributed by atoms with Gasteiger partial charge in [0.1, 0.15) is 0 Å². The van der Waals surface area contributed by atoms with Gasteiger partial charge in [0.15, 0.2) is 0 Å². The van der Waals surface area contributed by atoms with Crippen LogP contribution >= 0.6 is 11.6 Å².